The van der Waals surface area contributed by atoms with Gasteiger partial charge in [-0.15, -0.1) is 24.0 Å². The molecule has 0 bridgehead atoms. The highest BCUT2D eigenvalue weighted by Gasteiger charge is 2.02. The lowest BCUT2D eigenvalue weighted by Gasteiger charge is -1.98. The van der Waals surface area contributed by atoms with Crippen molar-refractivity contribution >= 4 is 34.1 Å². The summed E-state index contributed by atoms with van der Waals surface area (Å²) in [6, 6.07) is 0. The standard InChI is InChI=1S/C8H18O3S.FH.HI/c1-2-3-4-5-6-7-8-12(9,10)11;;/h2-8H2,1H3,(H,9,10,11);2*1H. The lowest BCUT2D eigenvalue weighted by Crippen LogP contribution is -2.03. The highest BCUT2D eigenvalue weighted by molar-refractivity contribution is 14.0. The van der Waals surface area contributed by atoms with Crippen LogP contribution in [0.1, 0.15) is 45.4 Å². The van der Waals surface area contributed by atoms with Gasteiger partial charge in [-0.25, -0.2) is 0 Å². The molecular formula is C8H20FIO3S. The summed E-state index contributed by atoms with van der Waals surface area (Å²) in [6.07, 6.45) is 6.14. The largest absolute Gasteiger partial charge is 0.286 e. The molecule has 0 saturated heterocycles. The lowest BCUT2D eigenvalue weighted by molar-refractivity contribution is 0.478. The van der Waals surface area contributed by atoms with Crippen LogP contribution < -0.4 is 0 Å². The number of halogens is 2. The van der Waals surface area contributed by atoms with Gasteiger partial charge in [0.2, 0.25) is 0 Å². The van der Waals surface area contributed by atoms with E-state index in [4.69, 9.17) is 4.55 Å². The Labute approximate surface area is 103 Å². The summed E-state index contributed by atoms with van der Waals surface area (Å²) in [5.74, 6) is -0.0842. The van der Waals surface area contributed by atoms with Gasteiger partial charge >= 0.3 is 0 Å². The third kappa shape index (κ3) is 18.4. The second-order valence-corrected chi connectivity index (χ2v) is 4.63. The van der Waals surface area contributed by atoms with E-state index in [1.165, 1.54) is 19.3 Å². The zero-order valence-corrected chi connectivity index (χ0v) is 11.6. The van der Waals surface area contributed by atoms with Gasteiger partial charge in [-0.05, 0) is 6.42 Å². The topological polar surface area (TPSA) is 54.4 Å². The molecule has 3 nitrogen and oxygen atoms in total. The maximum Gasteiger partial charge on any atom is 0.264 e. The molecule has 0 rings (SSSR count). The molecule has 0 fully saturated rings. The van der Waals surface area contributed by atoms with Crippen molar-refractivity contribution in [2.45, 2.75) is 45.4 Å². The number of rotatable bonds is 7. The van der Waals surface area contributed by atoms with Crippen LogP contribution in [0.25, 0.3) is 0 Å². The highest BCUT2D eigenvalue weighted by atomic mass is 127. The molecule has 0 heterocycles. The molecule has 0 unspecified atom stereocenters. The Bertz CT molecular complexity index is 195. The molecule has 0 aliphatic heterocycles. The van der Waals surface area contributed by atoms with Crippen LogP contribution in [-0.4, -0.2) is 18.7 Å². The van der Waals surface area contributed by atoms with Crippen molar-refractivity contribution in [3.05, 3.63) is 0 Å². The van der Waals surface area contributed by atoms with Gasteiger partial charge in [0.15, 0.2) is 0 Å². The Hall–Kier alpha value is 0.570. The molecular weight excluding hydrogens is 322 g/mol. The summed E-state index contributed by atoms with van der Waals surface area (Å²) in [5, 5.41) is 0. The molecule has 14 heavy (non-hydrogen) atoms. The predicted molar refractivity (Wildman–Crippen MR) is 67.7 cm³/mol. The van der Waals surface area contributed by atoms with Crippen LogP contribution in [0.3, 0.4) is 0 Å². The van der Waals surface area contributed by atoms with Gasteiger partial charge < -0.3 is 0 Å². The smallest absolute Gasteiger partial charge is 0.264 e. The Morgan fingerprint density at radius 3 is 1.86 bits per heavy atom. The maximum absolute atomic E-state index is 10.3. The first-order valence-corrected chi connectivity index (χ1v) is 6.12. The van der Waals surface area contributed by atoms with Crippen LogP contribution in [0, 0.1) is 0 Å². The quantitative estimate of drug-likeness (QED) is 0.440. The minimum atomic E-state index is -3.72. The van der Waals surface area contributed by atoms with Gasteiger partial charge in [-0.3, -0.25) is 9.26 Å². The van der Waals surface area contributed by atoms with E-state index in [1.807, 2.05) is 0 Å². The van der Waals surface area contributed by atoms with Crippen molar-refractivity contribution in [1.82, 2.24) is 0 Å². The zero-order valence-electron chi connectivity index (χ0n) is 8.44. The van der Waals surface area contributed by atoms with Gasteiger partial charge in [0.1, 0.15) is 0 Å². The third-order valence-corrected chi connectivity index (χ3v) is 2.56. The number of hydrogen-bond donors (Lipinski definition) is 1. The number of unbranched alkanes of at least 4 members (excludes halogenated alkanes) is 5. The highest BCUT2D eigenvalue weighted by Crippen LogP contribution is 2.05. The van der Waals surface area contributed by atoms with Crippen LogP contribution in [-0.2, 0) is 10.1 Å². The van der Waals surface area contributed by atoms with E-state index in [2.05, 4.69) is 6.92 Å². The van der Waals surface area contributed by atoms with Crippen LogP contribution in [0.5, 0.6) is 0 Å². The molecule has 1 N–H and O–H groups in total. The molecule has 0 aromatic heterocycles. The minimum Gasteiger partial charge on any atom is -0.286 e. The molecule has 0 amide bonds. The predicted octanol–water partition coefficient (Wildman–Crippen LogP) is 3.01. The molecule has 6 heteroatoms. The van der Waals surface area contributed by atoms with Gasteiger partial charge in [-0.2, -0.15) is 8.42 Å². The molecule has 0 radical (unpaired) electrons. The fraction of sp³-hybridized carbons (Fsp3) is 1.00. The van der Waals surface area contributed by atoms with Crippen LogP contribution in [0.15, 0.2) is 0 Å². The Balaban J connectivity index is -0.000000605. The first-order chi connectivity index (χ1) is 5.56. The molecule has 0 spiro atoms. The van der Waals surface area contributed by atoms with E-state index >= 15 is 0 Å². The van der Waals surface area contributed by atoms with Crippen LogP contribution in [0.4, 0.5) is 4.70 Å². The maximum atomic E-state index is 10.3. The van der Waals surface area contributed by atoms with Crippen LogP contribution in [0.2, 0.25) is 0 Å². The van der Waals surface area contributed by atoms with E-state index in [9.17, 15) is 8.42 Å². The Kier molecular flexibility index (Phi) is 16.7. The van der Waals surface area contributed by atoms with Crippen molar-refractivity contribution in [2.24, 2.45) is 0 Å². The molecule has 0 aliphatic rings. The summed E-state index contributed by atoms with van der Waals surface area (Å²) in [6.45, 7) is 2.14. The van der Waals surface area contributed by atoms with E-state index in [0.717, 1.165) is 12.8 Å². The summed E-state index contributed by atoms with van der Waals surface area (Å²) in [7, 11) is -3.72. The average Bonchev–Trinajstić information content (AvgIpc) is 1.94. The average molecular weight is 342 g/mol. The molecule has 90 valence electrons. The first-order valence-electron chi connectivity index (χ1n) is 4.51. The molecule has 0 aromatic rings. The van der Waals surface area contributed by atoms with Gasteiger partial charge in [-0.1, -0.05) is 39.0 Å². The molecule has 0 saturated carbocycles. The van der Waals surface area contributed by atoms with Crippen molar-refractivity contribution in [2.75, 3.05) is 5.75 Å². The van der Waals surface area contributed by atoms with Crippen molar-refractivity contribution in [3.63, 3.8) is 0 Å². The fourth-order valence-corrected chi connectivity index (χ4v) is 1.63. The minimum absolute atomic E-state index is 0. The molecule has 0 aliphatic carbocycles. The lowest BCUT2D eigenvalue weighted by atomic mass is 10.1. The first kappa shape index (κ1) is 20.0. The zero-order chi connectivity index (χ0) is 9.45. The van der Waals surface area contributed by atoms with Gasteiger partial charge in [0.05, 0.1) is 5.75 Å². The Morgan fingerprint density at radius 1 is 1.00 bits per heavy atom. The number of hydrogen-bond acceptors (Lipinski definition) is 2. The van der Waals surface area contributed by atoms with Crippen molar-refractivity contribution < 1.29 is 17.7 Å². The van der Waals surface area contributed by atoms with E-state index in [-0.39, 0.29) is 34.4 Å². The van der Waals surface area contributed by atoms with Crippen molar-refractivity contribution in [1.29, 1.82) is 0 Å². The second kappa shape index (κ2) is 11.6. The van der Waals surface area contributed by atoms with Gasteiger partial charge in [0.25, 0.3) is 10.1 Å². The summed E-state index contributed by atoms with van der Waals surface area (Å²) >= 11 is 0. The molecule has 0 aromatic carbocycles. The fourth-order valence-electron chi connectivity index (χ4n) is 1.06. The van der Waals surface area contributed by atoms with Crippen LogP contribution >= 0.6 is 24.0 Å². The molecule has 0 atom stereocenters. The SMILES string of the molecule is CCCCCCCCS(=O)(=O)O.F.I. The van der Waals surface area contributed by atoms with E-state index < -0.39 is 10.1 Å². The van der Waals surface area contributed by atoms with E-state index in [1.54, 1.807) is 0 Å². The summed E-state index contributed by atoms with van der Waals surface area (Å²) in [5.41, 5.74) is 0. The normalized spacial score (nSPS) is 10.1. The summed E-state index contributed by atoms with van der Waals surface area (Å²) in [4.78, 5) is 0. The third-order valence-electron chi connectivity index (χ3n) is 1.76. The Morgan fingerprint density at radius 2 is 1.43 bits per heavy atom. The second-order valence-electron chi connectivity index (χ2n) is 3.05. The van der Waals surface area contributed by atoms with Crippen molar-refractivity contribution in [3.8, 4) is 0 Å². The monoisotopic (exact) mass is 342 g/mol. The van der Waals surface area contributed by atoms with E-state index in [0.29, 0.717) is 6.42 Å². The summed E-state index contributed by atoms with van der Waals surface area (Å²) < 4.78 is 28.9. The van der Waals surface area contributed by atoms with Gasteiger partial charge in [0, 0.05) is 0 Å².